The topological polar surface area (TPSA) is 86.9 Å². The van der Waals surface area contributed by atoms with Crippen molar-refractivity contribution in [3.8, 4) is 0 Å². The highest BCUT2D eigenvalue weighted by molar-refractivity contribution is 7.89. The molecule has 0 bridgehead atoms. The number of hydrogen-bond acceptors (Lipinski definition) is 4. The van der Waals surface area contributed by atoms with Gasteiger partial charge in [0, 0.05) is 24.6 Å². The average molecular weight is 294 g/mol. The molecule has 0 aliphatic carbocycles. The maximum absolute atomic E-state index is 11.8. The zero-order chi connectivity index (χ0) is 14.6. The molecule has 0 amide bonds. The monoisotopic (exact) mass is 294 g/mol. The summed E-state index contributed by atoms with van der Waals surface area (Å²) in [6, 6.07) is 6.65. The summed E-state index contributed by atoms with van der Waals surface area (Å²) in [5, 5.41) is 3.25. The minimum Gasteiger partial charge on any atom is -0.375 e. The van der Waals surface area contributed by atoms with Gasteiger partial charge >= 0.3 is 0 Å². The molecule has 2 aromatic rings. The molecule has 6 nitrogen and oxygen atoms in total. The number of rotatable bonds is 6. The highest BCUT2D eigenvalue weighted by Gasteiger charge is 2.12. The van der Waals surface area contributed by atoms with Gasteiger partial charge in [-0.25, -0.2) is 18.1 Å². The zero-order valence-corrected chi connectivity index (χ0v) is 12.2. The largest absolute Gasteiger partial charge is 0.375 e. The van der Waals surface area contributed by atoms with Gasteiger partial charge in [-0.2, -0.15) is 0 Å². The van der Waals surface area contributed by atoms with Gasteiger partial charge < -0.3 is 10.3 Å². The molecule has 20 heavy (non-hydrogen) atoms. The van der Waals surface area contributed by atoms with E-state index in [0.717, 1.165) is 11.5 Å². The van der Waals surface area contributed by atoms with Gasteiger partial charge in [-0.15, -0.1) is 0 Å². The summed E-state index contributed by atoms with van der Waals surface area (Å²) in [5.41, 5.74) is 0.837. The molecule has 1 aromatic heterocycles. The van der Waals surface area contributed by atoms with Crippen molar-refractivity contribution in [2.75, 3.05) is 11.9 Å². The fraction of sp³-hybridized carbons (Fsp3) is 0.308. The highest BCUT2D eigenvalue weighted by atomic mass is 32.2. The molecule has 2 rings (SSSR count). The van der Waals surface area contributed by atoms with E-state index >= 15 is 0 Å². The smallest absolute Gasteiger partial charge is 0.240 e. The molecular formula is C13H18N4O2S. The summed E-state index contributed by atoms with van der Waals surface area (Å²) in [5.74, 6) is 0.828. The van der Waals surface area contributed by atoms with E-state index < -0.39 is 10.0 Å². The standard InChI is InChI=1S/C13H18N4O2S/c1-3-16-20(18,19)12-6-4-11(5-7-12)17-10(2)13-14-8-9-15-13/h4-10,16-17H,3H2,1-2H3,(H,14,15). The number of aromatic nitrogens is 2. The van der Waals surface area contributed by atoms with Crippen molar-refractivity contribution in [2.24, 2.45) is 0 Å². The Hall–Kier alpha value is -1.86. The van der Waals surface area contributed by atoms with E-state index in [4.69, 9.17) is 0 Å². The Bertz CT molecular complexity index is 636. The maximum Gasteiger partial charge on any atom is 0.240 e. The second-order valence-electron chi connectivity index (χ2n) is 4.37. The quantitative estimate of drug-likeness (QED) is 0.759. The molecule has 0 saturated heterocycles. The number of H-pyrrole nitrogens is 1. The van der Waals surface area contributed by atoms with Crippen LogP contribution < -0.4 is 10.0 Å². The summed E-state index contributed by atoms with van der Waals surface area (Å²) >= 11 is 0. The molecule has 7 heteroatoms. The van der Waals surface area contributed by atoms with Crippen LogP contribution in [0.1, 0.15) is 25.7 Å². The Kier molecular flexibility index (Phi) is 4.41. The second-order valence-corrected chi connectivity index (χ2v) is 6.13. The number of sulfonamides is 1. The number of anilines is 1. The molecule has 0 spiro atoms. The molecule has 0 radical (unpaired) electrons. The fourth-order valence-electron chi connectivity index (χ4n) is 1.84. The van der Waals surface area contributed by atoms with Gasteiger partial charge in [-0.05, 0) is 31.2 Å². The predicted octanol–water partition coefficient (Wildman–Crippen LogP) is 1.88. The molecule has 1 atom stereocenters. The molecule has 0 saturated carbocycles. The zero-order valence-electron chi connectivity index (χ0n) is 11.4. The molecular weight excluding hydrogens is 276 g/mol. The summed E-state index contributed by atoms with van der Waals surface area (Å²) in [6.45, 7) is 4.10. The van der Waals surface area contributed by atoms with Crippen LogP contribution in [0.3, 0.4) is 0 Å². The van der Waals surface area contributed by atoms with Gasteiger partial charge in [0.05, 0.1) is 10.9 Å². The Balaban J connectivity index is 2.09. The molecule has 3 N–H and O–H groups in total. The molecule has 108 valence electrons. The molecule has 0 aliphatic heterocycles. The van der Waals surface area contributed by atoms with Gasteiger partial charge in [0.15, 0.2) is 0 Å². The Labute approximate surface area is 118 Å². The highest BCUT2D eigenvalue weighted by Crippen LogP contribution is 2.18. The van der Waals surface area contributed by atoms with Crippen LogP contribution in [0.2, 0.25) is 0 Å². The number of nitrogens with zero attached hydrogens (tertiary/aromatic N) is 1. The summed E-state index contributed by atoms with van der Waals surface area (Å²) < 4.78 is 26.1. The van der Waals surface area contributed by atoms with Crippen LogP contribution in [0.4, 0.5) is 5.69 Å². The lowest BCUT2D eigenvalue weighted by Crippen LogP contribution is -2.23. The van der Waals surface area contributed by atoms with Crippen molar-refractivity contribution < 1.29 is 8.42 Å². The number of imidazole rings is 1. The Morgan fingerprint density at radius 3 is 2.55 bits per heavy atom. The normalized spacial score (nSPS) is 13.1. The lowest BCUT2D eigenvalue weighted by molar-refractivity contribution is 0.584. The summed E-state index contributed by atoms with van der Waals surface area (Å²) in [7, 11) is -3.40. The first-order valence-electron chi connectivity index (χ1n) is 6.38. The first-order chi connectivity index (χ1) is 9.53. The van der Waals surface area contributed by atoms with Crippen LogP contribution in [-0.4, -0.2) is 24.9 Å². The van der Waals surface area contributed by atoms with Crippen molar-refractivity contribution in [1.82, 2.24) is 14.7 Å². The van der Waals surface area contributed by atoms with Crippen LogP contribution in [0.15, 0.2) is 41.6 Å². The SMILES string of the molecule is CCNS(=O)(=O)c1ccc(NC(C)c2ncc[nH]2)cc1. The predicted molar refractivity (Wildman–Crippen MR) is 77.9 cm³/mol. The van der Waals surface area contributed by atoms with Crippen LogP contribution in [-0.2, 0) is 10.0 Å². The van der Waals surface area contributed by atoms with Crippen molar-refractivity contribution in [1.29, 1.82) is 0 Å². The Morgan fingerprint density at radius 2 is 2.00 bits per heavy atom. The van der Waals surface area contributed by atoms with E-state index in [1.165, 1.54) is 0 Å². The minimum absolute atomic E-state index is 0.0150. The third-order valence-corrected chi connectivity index (χ3v) is 4.37. The van der Waals surface area contributed by atoms with Gasteiger partial charge in [-0.1, -0.05) is 6.92 Å². The molecule has 0 fully saturated rings. The van der Waals surface area contributed by atoms with Crippen molar-refractivity contribution in [2.45, 2.75) is 24.8 Å². The van der Waals surface area contributed by atoms with E-state index in [9.17, 15) is 8.42 Å². The van der Waals surface area contributed by atoms with E-state index in [1.54, 1.807) is 43.6 Å². The number of nitrogens with one attached hydrogen (secondary N) is 3. The number of aromatic amines is 1. The summed E-state index contributed by atoms with van der Waals surface area (Å²) in [4.78, 5) is 7.46. The third kappa shape index (κ3) is 3.37. The van der Waals surface area contributed by atoms with Gasteiger partial charge in [-0.3, -0.25) is 0 Å². The van der Waals surface area contributed by atoms with Crippen LogP contribution >= 0.6 is 0 Å². The van der Waals surface area contributed by atoms with E-state index in [1.807, 2.05) is 6.92 Å². The van der Waals surface area contributed by atoms with Crippen LogP contribution in [0.25, 0.3) is 0 Å². The van der Waals surface area contributed by atoms with E-state index in [0.29, 0.717) is 6.54 Å². The van der Waals surface area contributed by atoms with Gasteiger partial charge in [0.2, 0.25) is 10.0 Å². The van der Waals surface area contributed by atoms with Crippen LogP contribution in [0, 0.1) is 0 Å². The maximum atomic E-state index is 11.8. The average Bonchev–Trinajstić information content (AvgIpc) is 2.93. The van der Waals surface area contributed by atoms with Gasteiger partial charge in [0.1, 0.15) is 5.82 Å². The van der Waals surface area contributed by atoms with Gasteiger partial charge in [0.25, 0.3) is 0 Å². The Morgan fingerprint density at radius 1 is 1.30 bits per heavy atom. The first-order valence-corrected chi connectivity index (χ1v) is 7.87. The van der Waals surface area contributed by atoms with E-state index in [2.05, 4.69) is 20.0 Å². The van der Waals surface area contributed by atoms with Crippen LogP contribution in [0.5, 0.6) is 0 Å². The first kappa shape index (κ1) is 14.5. The summed E-state index contributed by atoms with van der Waals surface area (Å²) in [6.07, 6.45) is 3.46. The molecule has 1 heterocycles. The number of hydrogen-bond donors (Lipinski definition) is 3. The lowest BCUT2D eigenvalue weighted by atomic mass is 10.2. The second kappa shape index (κ2) is 6.06. The van der Waals surface area contributed by atoms with Crippen molar-refractivity contribution >= 4 is 15.7 Å². The van der Waals surface area contributed by atoms with Crippen molar-refractivity contribution in [3.63, 3.8) is 0 Å². The molecule has 1 unspecified atom stereocenters. The molecule has 0 aliphatic rings. The lowest BCUT2D eigenvalue weighted by Gasteiger charge is -2.13. The van der Waals surface area contributed by atoms with Crippen molar-refractivity contribution in [3.05, 3.63) is 42.5 Å². The molecule has 1 aromatic carbocycles. The van der Waals surface area contributed by atoms with E-state index in [-0.39, 0.29) is 10.9 Å². The third-order valence-electron chi connectivity index (χ3n) is 2.81. The fourth-order valence-corrected chi connectivity index (χ4v) is 2.88. The minimum atomic E-state index is -3.40. The number of benzene rings is 1.